The molecule has 0 unspecified atom stereocenters. The van der Waals surface area contributed by atoms with Crippen molar-refractivity contribution in [1.29, 1.82) is 0 Å². The lowest BCUT2D eigenvalue weighted by atomic mass is 10.3. The Bertz CT molecular complexity index is 444. The molecule has 0 atom stereocenters. The van der Waals surface area contributed by atoms with Crippen LogP contribution in [0.25, 0.3) is 10.6 Å². The summed E-state index contributed by atoms with van der Waals surface area (Å²) in [5.74, 6) is -0.397. The fourth-order valence-corrected chi connectivity index (χ4v) is 1.89. The predicted octanol–water partition coefficient (Wildman–Crippen LogP) is 1.84. The summed E-state index contributed by atoms with van der Waals surface area (Å²) in [7, 11) is 0. The first-order chi connectivity index (χ1) is 6.81. The lowest BCUT2D eigenvalue weighted by Gasteiger charge is -1.96. The van der Waals surface area contributed by atoms with Crippen LogP contribution >= 0.6 is 11.3 Å². The molecule has 0 saturated heterocycles. The van der Waals surface area contributed by atoms with Crippen LogP contribution in [0.5, 0.6) is 0 Å². The van der Waals surface area contributed by atoms with Crippen LogP contribution in [0, 0.1) is 5.82 Å². The number of thiazole rings is 1. The van der Waals surface area contributed by atoms with Crippen molar-refractivity contribution < 1.29 is 9.50 Å². The summed E-state index contributed by atoms with van der Waals surface area (Å²) in [6.45, 7) is -0.122. The molecule has 0 fully saturated rings. The fraction of sp³-hybridized carbons (Fsp3) is 0.111. The first kappa shape index (κ1) is 9.23. The van der Waals surface area contributed by atoms with Gasteiger partial charge in [-0.2, -0.15) is 0 Å². The summed E-state index contributed by atoms with van der Waals surface area (Å²) in [4.78, 5) is 7.71. The SMILES string of the molecule is OCc1csc(-c2ccncc2F)n1. The molecule has 0 aromatic carbocycles. The zero-order valence-electron chi connectivity index (χ0n) is 7.14. The molecule has 0 saturated carbocycles. The van der Waals surface area contributed by atoms with E-state index in [0.29, 0.717) is 16.3 Å². The summed E-state index contributed by atoms with van der Waals surface area (Å²) in [5, 5.41) is 11.1. The zero-order valence-corrected chi connectivity index (χ0v) is 7.96. The van der Waals surface area contributed by atoms with Crippen LogP contribution in [0.3, 0.4) is 0 Å². The molecule has 1 N–H and O–H groups in total. The number of aliphatic hydroxyl groups excluding tert-OH is 1. The molecule has 0 aliphatic heterocycles. The van der Waals surface area contributed by atoms with Crippen LogP contribution in [-0.4, -0.2) is 15.1 Å². The number of aliphatic hydroxyl groups is 1. The molecule has 0 aliphatic carbocycles. The van der Waals surface area contributed by atoms with Gasteiger partial charge in [-0.1, -0.05) is 0 Å². The van der Waals surface area contributed by atoms with Crippen LogP contribution in [0.15, 0.2) is 23.8 Å². The quantitative estimate of drug-likeness (QED) is 0.822. The van der Waals surface area contributed by atoms with Crippen LogP contribution in [0.2, 0.25) is 0 Å². The van der Waals surface area contributed by atoms with Crippen LogP contribution in [0.1, 0.15) is 5.69 Å². The molecule has 5 heteroatoms. The molecule has 0 spiro atoms. The van der Waals surface area contributed by atoms with Gasteiger partial charge < -0.3 is 5.11 Å². The lowest BCUT2D eigenvalue weighted by molar-refractivity contribution is 0.278. The minimum Gasteiger partial charge on any atom is -0.390 e. The summed E-state index contributed by atoms with van der Waals surface area (Å²) in [5.41, 5.74) is 0.978. The highest BCUT2D eigenvalue weighted by atomic mass is 32.1. The average molecular weight is 210 g/mol. The Kier molecular flexibility index (Phi) is 2.51. The molecule has 0 radical (unpaired) electrons. The molecule has 0 aliphatic rings. The molecule has 0 bridgehead atoms. The van der Waals surface area contributed by atoms with Crippen molar-refractivity contribution >= 4 is 11.3 Å². The van der Waals surface area contributed by atoms with Crippen molar-refractivity contribution in [3.63, 3.8) is 0 Å². The smallest absolute Gasteiger partial charge is 0.151 e. The molecule has 14 heavy (non-hydrogen) atoms. The molecular formula is C9H7FN2OS. The van der Waals surface area contributed by atoms with E-state index in [0.717, 1.165) is 6.20 Å². The van der Waals surface area contributed by atoms with E-state index < -0.39 is 5.82 Å². The average Bonchev–Trinajstić information content (AvgIpc) is 2.67. The van der Waals surface area contributed by atoms with Crippen molar-refractivity contribution in [1.82, 2.24) is 9.97 Å². The Morgan fingerprint density at radius 2 is 2.36 bits per heavy atom. The van der Waals surface area contributed by atoms with E-state index in [-0.39, 0.29) is 6.61 Å². The molecule has 3 nitrogen and oxygen atoms in total. The van der Waals surface area contributed by atoms with E-state index in [1.54, 1.807) is 11.4 Å². The second-order valence-corrected chi connectivity index (χ2v) is 3.52. The topological polar surface area (TPSA) is 46.0 Å². The molecule has 72 valence electrons. The Morgan fingerprint density at radius 1 is 1.50 bits per heavy atom. The molecule has 2 aromatic heterocycles. The van der Waals surface area contributed by atoms with Gasteiger partial charge in [0.15, 0.2) is 5.82 Å². The Labute approximate surface area is 83.9 Å². The third-order valence-electron chi connectivity index (χ3n) is 1.72. The number of nitrogens with zero attached hydrogens (tertiary/aromatic N) is 2. The maximum Gasteiger partial charge on any atom is 0.151 e. The van der Waals surface area contributed by atoms with Crippen molar-refractivity contribution in [2.24, 2.45) is 0 Å². The summed E-state index contributed by atoms with van der Waals surface area (Å²) in [6, 6.07) is 1.56. The van der Waals surface area contributed by atoms with E-state index in [1.165, 1.54) is 17.5 Å². The van der Waals surface area contributed by atoms with Gasteiger partial charge in [-0.25, -0.2) is 9.37 Å². The summed E-state index contributed by atoms with van der Waals surface area (Å²) >= 11 is 1.30. The van der Waals surface area contributed by atoms with Crippen molar-refractivity contribution in [3.05, 3.63) is 35.4 Å². The fourth-order valence-electron chi connectivity index (χ4n) is 1.05. The first-order valence-corrected chi connectivity index (χ1v) is 4.84. The second kappa shape index (κ2) is 3.81. The third kappa shape index (κ3) is 1.64. The van der Waals surface area contributed by atoms with Gasteiger partial charge >= 0.3 is 0 Å². The van der Waals surface area contributed by atoms with Gasteiger partial charge in [0.25, 0.3) is 0 Å². The van der Waals surface area contributed by atoms with Gasteiger partial charge in [-0.15, -0.1) is 11.3 Å². The van der Waals surface area contributed by atoms with E-state index in [2.05, 4.69) is 9.97 Å². The number of hydrogen-bond donors (Lipinski definition) is 1. The Morgan fingerprint density at radius 3 is 3.00 bits per heavy atom. The van der Waals surface area contributed by atoms with Gasteiger partial charge in [0.05, 0.1) is 18.5 Å². The normalized spacial score (nSPS) is 10.4. The van der Waals surface area contributed by atoms with Gasteiger partial charge in [-0.3, -0.25) is 4.98 Å². The lowest BCUT2D eigenvalue weighted by Crippen LogP contribution is -1.86. The number of hydrogen-bond acceptors (Lipinski definition) is 4. The molecule has 2 aromatic rings. The van der Waals surface area contributed by atoms with Gasteiger partial charge in [0.1, 0.15) is 5.01 Å². The Hall–Kier alpha value is -1.33. The largest absolute Gasteiger partial charge is 0.390 e. The van der Waals surface area contributed by atoms with E-state index in [1.807, 2.05) is 0 Å². The molecule has 2 heterocycles. The van der Waals surface area contributed by atoms with E-state index in [9.17, 15) is 4.39 Å². The minimum atomic E-state index is -0.397. The molecular weight excluding hydrogens is 203 g/mol. The molecule has 0 amide bonds. The van der Waals surface area contributed by atoms with Crippen LogP contribution in [0.4, 0.5) is 4.39 Å². The number of aromatic nitrogens is 2. The number of rotatable bonds is 2. The predicted molar refractivity (Wildman–Crippen MR) is 51.2 cm³/mol. The summed E-state index contributed by atoms with van der Waals surface area (Å²) < 4.78 is 13.2. The van der Waals surface area contributed by atoms with Crippen molar-refractivity contribution in [2.75, 3.05) is 0 Å². The third-order valence-corrected chi connectivity index (χ3v) is 2.64. The standard InChI is InChI=1S/C9H7FN2OS/c10-8-3-11-2-1-7(8)9-12-6(4-13)5-14-9/h1-3,5,13H,4H2. The number of halogens is 1. The van der Waals surface area contributed by atoms with Crippen LogP contribution in [-0.2, 0) is 6.61 Å². The van der Waals surface area contributed by atoms with Crippen molar-refractivity contribution in [3.8, 4) is 10.6 Å². The maximum atomic E-state index is 13.2. The monoisotopic (exact) mass is 210 g/mol. The second-order valence-electron chi connectivity index (χ2n) is 2.66. The highest BCUT2D eigenvalue weighted by Gasteiger charge is 2.08. The molecule has 2 rings (SSSR count). The summed E-state index contributed by atoms with van der Waals surface area (Å²) in [6.07, 6.45) is 2.66. The first-order valence-electron chi connectivity index (χ1n) is 3.96. The highest BCUT2D eigenvalue weighted by Crippen LogP contribution is 2.25. The maximum absolute atomic E-state index is 13.2. The van der Waals surface area contributed by atoms with Gasteiger partial charge in [0.2, 0.25) is 0 Å². The van der Waals surface area contributed by atoms with E-state index in [4.69, 9.17) is 5.11 Å². The van der Waals surface area contributed by atoms with Crippen LogP contribution < -0.4 is 0 Å². The highest BCUT2D eigenvalue weighted by molar-refractivity contribution is 7.13. The number of pyridine rings is 1. The van der Waals surface area contributed by atoms with Crippen molar-refractivity contribution in [2.45, 2.75) is 6.61 Å². The Balaban J connectivity index is 2.44. The van der Waals surface area contributed by atoms with Gasteiger partial charge in [0, 0.05) is 17.1 Å². The van der Waals surface area contributed by atoms with E-state index >= 15 is 0 Å². The van der Waals surface area contributed by atoms with Gasteiger partial charge in [-0.05, 0) is 6.07 Å². The minimum absolute atomic E-state index is 0.122. The zero-order chi connectivity index (χ0) is 9.97.